The lowest BCUT2D eigenvalue weighted by molar-refractivity contribution is 0.0615. The van der Waals surface area contributed by atoms with Crippen LogP contribution in [0, 0.1) is 0 Å². The highest BCUT2D eigenvalue weighted by molar-refractivity contribution is 5.92. The van der Waals surface area contributed by atoms with Gasteiger partial charge < -0.3 is 15.4 Å². The van der Waals surface area contributed by atoms with E-state index in [1.54, 1.807) is 12.1 Å². The summed E-state index contributed by atoms with van der Waals surface area (Å²) in [6.45, 7) is 0.0356. The molecule has 2 N–H and O–H groups in total. The molecule has 1 aliphatic rings. The van der Waals surface area contributed by atoms with Gasteiger partial charge in [0.25, 0.3) is 0 Å². The average molecular weight is 338 g/mol. The van der Waals surface area contributed by atoms with Gasteiger partial charge in [0.05, 0.1) is 23.9 Å². The molecule has 2 unspecified atom stereocenters. The molecule has 2 heterocycles. The first-order chi connectivity index (χ1) is 11.6. The Kier molecular flexibility index (Phi) is 4.94. The second-order valence-electron chi connectivity index (χ2n) is 5.81. The Balaban J connectivity index is 1.66. The molecule has 1 aliphatic heterocycles. The molecule has 1 aromatic heterocycles. The number of benzene rings is 1. The summed E-state index contributed by atoms with van der Waals surface area (Å²) in [5, 5.41) is 9.84. The van der Waals surface area contributed by atoms with Crippen molar-refractivity contribution in [3.05, 3.63) is 24.4 Å². The molecular weight excluding hydrogens is 318 g/mol. The normalized spacial score (nSPS) is 18.9. The van der Waals surface area contributed by atoms with E-state index in [1.165, 1.54) is 12.3 Å². The van der Waals surface area contributed by atoms with Crippen molar-refractivity contribution in [2.45, 2.75) is 44.9 Å². The Morgan fingerprint density at radius 2 is 2.33 bits per heavy atom. The smallest absolute Gasteiger partial charge is 0.333 e. The van der Waals surface area contributed by atoms with Crippen LogP contribution in [0.4, 0.5) is 19.3 Å². The Morgan fingerprint density at radius 3 is 3.00 bits per heavy atom. The molecular formula is C16H20F2N4O2. The molecule has 2 aromatic rings. The predicted octanol–water partition coefficient (Wildman–Crippen LogP) is 3.51. The van der Waals surface area contributed by atoms with Crippen LogP contribution in [0.1, 0.15) is 32.7 Å². The molecule has 0 spiro atoms. The number of rotatable bonds is 5. The zero-order chi connectivity index (χ0) is 17.1. The van der Waals surface area contributed by atoms with Crippen LogP contribution in [-0.2, 0) is 4.74 Å². The first-order valence-corrected chi connectivity index (χ1v) is 8.03. The van der Waals surface area contributed by atoms with Crippen molar-refractivity contribution in [3.63, 3.8) is 0 Å². The minimum Gasteiger partial charge on any atom is -0.376 e. The topological polar surface area (TPSA) is 68.2 Å². The van der Waals surface area contributed by atoms with Gasteiger partial charge in [-0.2, -0.15) is 13.9 Å². The predicted molar refractivity (Wildman–Crippen MR) is 86.2 cm³/mol. The minimum atomic E-state index is -2.69. The molecule has 0 saturated carbocycles. The number of nitrogens with one attached hydrogen (secondary N) is 2. The van der Waals surface area contributed by atoms with Crippen LogP contribution < -0.4 is 10.6 Å². The summed E-state index contributed by atoms with van der Waals surface area (Å²) < 4.78 is 31.8. The fraction of sp³-hybridized carbons (Fsp3) is 0.500. The highest BCUT2D eigenvalue weighted by Gasteiger charge is 2.25. The lowest BCUT2D eigenvalue weighted by atomic mass is 10.1. The number of anilines is 1. The third-order valence-corrected chi connectivity index (χ3v) is 4.21. The van der Waals surface area contributed by atoms with Crippen molar-refractivity contribution in [1.82, 2.24) is 15.1 Å². The lowest BCUT2D eigenvalue weighted by Crippen LogP contribution is -2.44. The molecule has 24 heavy (non-hydrogen) atoms. The second-order valence-corrected chi connectivity index (χ2v) is 5.81. The summed E-state index contributed by atoms with van der Waals surface area (Å²) in [5.74, 6) is 0. The van der Waals surface area contributed by atoms with E-state index in [2.05, 4.69) is 15.7 Å². The third kappa shape index (κ3) is 3.48. The Morgan fingerprint density at radius 1 is 1.50 bits per heavy atom. The summed E-state index contributed by atoms with van der Waals surface area (Å²) in [5.41, 5.74) is 0.845. The van der Waals surface area contributed by atoms with Crippen molar-refractivity contribution in [3.8, 4) is 0 Å². The largest absolute Gasteiger partial charge is 0.376 e. The van der Waals surface area contributed by atoms with Gasteiger partial charge in [-0.05, 0) is 37.5 Å². The minimum absolute atomic E-state index is 0.0437. The number of carbonyl (C=O) groups is 1. The zero-order valence-corrected chi connectivity index (χ0v) is 13.3. The number of alkyl halides is 2. The van der Waals surface area contributed by atoms with E-state index in [0.717, 1.165) is 25.9 Å². The maximum Gasteiger partial charge on any atom is 0.333 e. The van der Waals surface area contributed by atoms with Crippen molar-refractivity contribution in [1.29, 1.82) is 0 Å². The molecule has 8 heteroatoms. The number of hydrogen-bond donors (Lipinski definition) is 2. The highest BCUT2D eigenvalue weighted by Crippen LogP contribution is 2.23. The fourth-order valence-electron chi connectivity index (χ4n) is 3.00. The summed E-state index contributed by atoms with van der Waals surface area (Å²) in [6, 6.07) is 4.33. The molecule has 2 atom stereocenters. The number of amides is 2. The van der Waals surface area contributed by atoms with Crippen LogP contribution in [0.2, 0.25) is 0 Å². The summed E-state index contributed by atoms with van der Waals surface area (Å²) in [7, 11) is 0. The van der Waals surface area contributed by atoms with Crippen LogP contribution >= 0.6 is 0 Å². The Hall–Kier alpha value is -2.22. The molecule has 0 bridgehead atoms. The standard InChI is InChI=1S/C16H20F2N4O2/c1-2-12(14-4-3-7-24-14)21-16(23)20-11-5-6-13-10(8-11)9-19-22(13)15(17)18/h5-6,8-9,12,14-15H,2-4,7H2,1H3,(H2,20,21,23). The van der Waals surface area contributed by atoms with Gasteiger partial charge in [-0.1, -0.05) is 6.92 Å². The number of aromatic nitrogens is 2. The van der Waals surface area contributed by atoms with Gasteiger partial charge in [0, 0.05) is 17.7 Å². The molecule has 130 valence electrons. The maximum atomic E-state index is 12.8. The van der Waals surface area contributed by atoms with E-state index in [0.29, 0.717) is 21.3 Å². The van der Waals surface area contributed by atoms with Gasteiger partial charge in [-0.25, -0.2) is 9.48 Å². The van der Waals surface area contributed by atoms with E-state index in [-0.39, 0.29) is 18.2 Å². The quantitative estimate of drug-likeness (QED) is 0.876. The monoisotopic (exact) mass is 338 g/mol. The van der Waals surface area contributed by atoms with Gasteiger partial charge in [-0.15, -0.1) is 0 Å². The first-order valence-electron chi connectivity index (χ1n) is 8.03. The van der Waals surface area contributed by atoms with Gasteiger partial charge >= 0.3 is 12.6 Å². The van der Waals surface area contributed by atoms with Gasteiger partial charge in [0.2, 0.25) is 0 Å². The average Bonchev–Trinajstić information content (AvgIpc) is 3.21. The second kappa shape index (κ2) is 7.12. The van der Waals surface area contributed by atoms with Crippen LogP contribution in [0.3, 0.4) is 0 Å². The Labute approximate surface area is 138 Å². The molecule has 0 radical (unpaired) electrons. The van der Waals surface area contributed by atoms with Crippen LogP contribution in [-0.4, -0.2) is 34.6 Å². The number of nitrogens with zero attached hydrogens (tertiary/aromatic N) is 2. The molecule has 1 saturated heterocycles. The van der Waals surface area contributed by atoms with E-state index in [1.807, 2.05) is 6.92 Å². The first kappa shape index (κ1) is 16.6. The molecule has 1 fully saturated rings. The Bertz CT molecular complexity index is 713. The van der Waals surface area contributed by atoms with Crippen molar-refractivity contribution >= 4 is 22.6 Å². The van der Waals surface area contributed by atoms with Gasteiger partial charge in [0.15, 0.2) is 0 Å². The van der Waals surface area contributed by atoms with E-state index < -0.39 is 6.55 Å². The number of carbonyl (C=O) groups excluding carboxylic acids is 1. The highest BCUT2D eigenvalue weighted by atomic mass is 19.3. The van der Waals surface area contributed by atoms with Gasteiger partial charge in [-0.3, -0.25) is 0 Å². The van der Waals surface area contributed by atoms with Crippen molar-refractivity contribution in [2.24, 2.45) is 0 Å². The SMILES string of the molecule is CCC(NC(=O)Nc1ccc2c(cnn2C(F)F)c1)C1CCCO1. The maximum absolute atomic E-state index is 12.8. The number of ether oxygens (including phenoxy) is 1. The molecule has 3 rings (SSSR count). The lowest BCUT2D eigenvalue weighted by Gasteiger charge is -2.23. The van der Waals surface area contributed by atoms with Crippen LogP contribution in [0.5, 0.6) is 0 Å². The summed E-state index contributed by atoms with van der Waals surface area (Å²) in [4.78, 5) is 12.2. The zero-order valence-electron chi connectivity index (χ0n) is 13.3. The van der Waals surface area contributed by atoms with Gasteiger partial charge in [0.1, 0.15) is 0 Å². The number of halogens is 2. The van der Waals surface area contributed by atoms with Crippen LogP contribution in [0.25, 0.3) is 10.9 Å². The molecule has 6 nitrogen and oxygen atoms in total. The summed E-state index contributed by atoms with van der Waals surface area (Å²) >= 11 is 0. The van der Waals surface area contributed by atoms with E-state index in [9.17, 15) is 13.6 Å². The third-order valence-electron chi connectivity index (χ3n) is 4.21. The van der Waals surface area contributed by atoms with E-state index in [4.69, 9.17) is 4.74 Å². The van der Waals surface area contributed by atoms with Crippen molar-refractivity contribution in [2.75, 3.05) is 11.9 Å². The molecule has 2 amide bonds. The number of fused-ring (bicyclic) bond motifs is 1. The fourth-order valence-corrected chi connectivity index (χ4v) is 3.00. The molecule has 0 aliphatic carbocycles. The van der Waals surface area contributed by atoms with Crippen molar-refractivity contribution < 1.29 is 18.3 Å². The van der Waals surface area contributed by atoms with Crippen LogP contribution in [0.15, 0.2) is 24.4 Å². The summed E-state index contributed by atoms with van der Waals surface area (Å²) in [6.07, 6.45) is 4.13. The number of hydrogen-bond acceptors (Lipinski definition) is 3. The molecule has 1 aromatic carbocycles. The van der Waals surface area contributed by atoms with E-state index >= 15 is 0 Å². The number of urea groups is 1.